The van der Waals surface area contributed by atoms with Crippen molar-refractivity contribution in [1.82, 2.24) is 4.90 Å². The number of nitrogens with zero attached hydrogens (tertiary/aromatic N) is 2. The number of alkyl halides is 2. The van der Waals surface area contributed by atoms with Crippen LogP contribution in [0, 0.1) is 22.0 Å². The summed E-state index contributed by atoms with van der Waals surface area (Å²) in [4.78, 5) is 74.4. The van der Waals surface area contributed by atoms with Crippen LogP contribution in [0.5, 0.6) is 0 Å². The fourth-order valence-corrected chi connectivity index (χ4v) is 7.67. The molecule has 1 heterocycles. The Morgan fingerprint density at radius 2 is 1.37 bits per heavy atom. The van der Waals surface area contributed by atoms with Gasteiger partial charge in [0.05, 0.1) is 23.2 Å². The van der Waals surface area contributed by atoms with Crippen LogP contribution in [0.4, 0.5) is 5.69 Å². The molecule has 3 amide bonds. The zero-order chi connectivity index (χ0) is 30.8. The number of likely N-dealkylation sites (tertiary alicyclic amines) is 1. The molecule has 0 radical (unpaired) electrons. The van der Waals surface area contributed by atoms with Crippen LogP contribution in [0.25, 0.3) is 0 Å². The topological polar surface area (TPSA) is 167 Å². The second-order valence-electron chi connectivity index (χ2n) is 10.5. The molecular formula is C30H21Cl2N3O8. The first-order valence-electron chi connectivity index (χ1n) is 13.1. The fourth-order valence-electron chi connectivity index (χ4n) is 6.58. The third-order valence-corrected chi connectivity index (χ3v) is 9.61. The molecule has 218 valence electrons. The molecule has 0 unspecified atom stereocenters. The second kappa shape index (κ2) is 9.99. The number of carbonyl (C=O) groups excluding carboxylic acids is 5. The molecule has 11 nitrogen and oxygen atoms in total. The van der Waals surface area contributed by atoms with Gasteiger partial charge < -0.3 is 10.5 Å². The van der Waals surface area contributed by atoms with Crippen molar-refractivity contribution in [1.29, 1.82) is 0 Å². The highest BCUT2D eigenvalue weighted by Gasteiger charge is 2.73. The van der Waals surface area contributed by atoms with Crippen LogP contribution in [0.3, 0.4) is 0 Å². The average molecular weight is 622 g/mol. The summed E-state index contributed by atoms with van der Waals surface area (Å²) < 4.78 is 5.15. The van der Waals surface area contributed by atoms with Gasteiger partial charge in [-0.05, 0) is 22.3 Å². The molecule has 4 aliphatic rings. The third kappa shape index (κ3) is 3.99. The molecule has 3 aromatic carbocycles. The second-order valence-corrected chi connectivity index (χ2v) is 11.7. The van der Waals surface area contributed by atoms with E-state index in [1.807, 2.05) is 0 Å². The maximum absolute atomic E-state index is 14.2. The Kier molecular flexibility index (Phi) is 6.62. The van der Waals surface area contributed by atoms with Crippen molar-refractivity contribution < 1.29 is 33.6 Å². The molecule has 0 saturated carbocycles. The summed E-state index contributed by atoms with van der Waals surface area (Å²) in [5.41, 5.74) is 7.15. The van der Waals surface area contributed by atoms with Gasteiger partial charge in [-0.2, -0.15) is 0 Å². The first kappa shape index (κ1) is 28.5. The summed E-state index contributed by atoms with van der Waals surface area (Å²) in [7, 11) is 0. The highest BCUT2D eigenvalue weighted by Crippen LogP contribution is 2.69. The Morgan fingerprint density at radius 1 is 0.884 bits per heavy atom. The van der Waals surface area contributed by atoms with Gasteiger partial charge in [0.1, 0.15) is 15.8 Å². The maximum Gasteiger partial charge on any atom is 0.330 e. The monoisotopic (exact) mass is 621 g/mol. The van der Waals surface area contributed by atoms with Gasteiger partial charge in [0.25, 0.3) is 5.69 Å². The molecule has 2 N–H and O–H groups in total. The molecule has 7 rings (SSSR count). The first-order chi connectivity index (χ1) is 20.4. The van der Waals surface area contributed by atoms with Gasteiger partial charge in [-0.25, -0.2) is 4.79 Å². The first-order valence-corrected chi connectivity index (χ1v) is 13.8. The molecule has 0 spiro atoms. The van der Waals surface area contributed by atoms with E-state index in [1.165, 1.54) is 18.2 Å². The summed E-state index contributed by atoms with van der Waals surface area (Å²) in [6, 6.07) is 16.9. The van der Waals surface area contributed by atoms with Gasteiger partial charge in [0.15, 0.2) is 6.61 Å². The summed E-state index contributed by atoms with van der Waals surface area (Å²) in [5.74, 6) is -7.20. The summed E-state index contributed by atoms with van der Waals surface area (Å²) in [5, 5.41) is 11.1. The van der Waals surface area contributed by atoms with Crippen molar-refractivity contribution in [3.63, 3.8) is 0 Å². The van der Waals surface area contributed by atoms with Crippen molar-refractivity contribution in [3.05, 3.63) is 111 Å². The van der Waals surface area contributed by atoms with Gasteiger partial charge in [-0.1, -0.05) is 60.7 Å². The van der Waals surface area contributed by atoms with Crippen LogP contribution < -0.4 is 5.73 Å². The number of carbonyl (C=O) groups is 5. The van der Waals surface area contributed by atoms with Gasteiger partial charge in [-0.15, -0.1) is 23.2 Å². The number of halogens is 2. The highest BCUT2D eigenvalue weighted by molar-refractivity contribution is 6.36. The van der Waals surface area contributed by atoms with E-state index in [0.29, 0.717) is 27.2 Å². The van der Waals surface area contributed by atoms with E-state index in [0.717, 1.165) is 6.07 Å². The Hall–Kier alpha value is -4.61. The van der Waals surface area contributed by atoms with Crippen molar-refractivity contribution in [2.75, 3.05) is 6.61 Å². The molecular weight excluding hydrogens is 601 g/mol. The predicted octanol–water partition coefficient (Wildman–Crippen LogP) is 3.16. The van der Waals surface area contributed by atoms with Crippen LogP contribution in [0.15, 0.2) is 72.8 Å². The number of esters is 1. The maximum atomic E-state index is 14.2. The summed E-state index contributed by atoms with van der Waals surface area (Å²) in [6.45, 7) is -0.881. The van der Waals surface area contributed by atoms with Gasteiger partial charge >= 0.3 is 5.97 Å². The van der Waals surface area contributed by atoms with E-state index in [4.69, 9.17) is 33.7 Å². The Bertz CT molecular complexity index is 1650. The molecule has 43 heavy (non-hydrogen) atoms. The summed E-state index contributed by atoms with van der Waals surface area (Å²) in [6.07, 6.45) is -0.786. The van der Waals surface area contributed by atoms with E-state index in [-0.39, 0.29) is 11.3 Å². The zero-order valence-electron chi connectivity index (χ0n) is 22.1. The van der Waals surface area contributed by atoms with E-state index < -0.39 is 75.1 Å². The number of nitro groups is 1. The van der Waals surface area contributed by atoms with Crippen LogP contribution in [0.1, 0.15) is 39.0 Å². The number of non-ortho nitro benzene ring substituents is 1. The molecule has 3 aromatic rings. The van der Waals surface area contributed by atoms with Crippen LogP contribution in [0.2, 0.25) is 0 Å². The predicted molar refractivity (Wildman–Crippen MR) is 151 cm³/mol. The SMILES string of the molecule is NC(=O)C[C@H](C(=O)OCC(=O)c1cccc([N+](=O)[O-])c1)N1C(=O)[C@@H]2[C@@H](C1=O)C1(Cl)c3ccccc3C2(Cl)c2ccccc21. The van der Waals surface area contributed by atoms with Crippen molar-refractivity contribution in [2.45, 2.75) is 22.2 Å². The molecule has 2 bridgehead atoms. The quantitative estimate of drug-likeness (QED) is 0.0999. The normalized spacial score (nSPS) is 25.4. The van der Waals surface area contributed by atoms with Gasteiger partial charge in [0.2, 0.25) is 23.5 Å². The number of benzene rings is 3. The number of imide groups is 1. The lowest BCUT2D eigenvalue weighted by Gasteiger charge is -2.54. The largest absolute Gasteiger partial charge is 0.456 e. The molecule has 3 aliphatic carbocycles. The zero-order valence-corrected chi connectivity index (χ0v) is 23.6. The van der Waals surface area contributed by atoms with E-state index >= 15 is 0 Å². The minimum absolute atomic E-state index is 0.104. The number of ketones is 1. The lowest BCUT2D eigenvalue weighted by molar-refractivity contribution is -0.384. The van der Waals surface area contributed by atoms with Crippen LogP contribution in [-0.2, 0) is 33.7 Å². The van der Waals surface area contributed by atoms with Crippen LogP contribution >= 0.6 is 23.2 Å². The number of hydrogen-bond donors (Lipinski definition) is 1. The number of amides is 3. The average Bonchev–Trinajstić information content (AvgIpc) is 3.27. The molecule has 1 saturated heterocycles. The number of Topliss-reactive ketones (excluding diaryl/α,β-unsaturated/α-hetero) is 1. The van der Waals surface area contributed by atoms with Crippen molar-refractivity contribution in [2.24, 2.45) is 17.6 Å². The number of primary amides is 1. The third-order valence-electron chi connectivity index (χ3n) is 8.32. The molecule has 1 aliphatic heterocycles. The smallest absolute Gasteiger partial charge is 0.330 e. The van der Waals surface area contributed by atoms with Gasteiger partial charge in [0, 0.05) is 17.7 Å². The number of nitrogens with two attached hydrogens (primary N) is 1. The number of hydrogen-bond acceptors (Lipinski definition) is 8. The molecule has 3 atom stereocenters. The Labute approximate surface area is 253 Å². The lowest BCUT2D eigenvalue weighted by Crippen LogP contribution is -2.57. The Morgan fingerprint density at radius 3 is 1.81 bits per heavy atom. The fraction of sp³-hybridized carbons (Fsp3) is 0.233. The highest BCUT2D eigenvalue weighted by atomic mass is 35.5. The lowest BCUT2D eigenvalue weighted by atomic mass is 9.54. The van der Waals surface area contributed by atoms with Crippen molar-refractivity contribution >= 4 is 58.4 Å². The van der Waals surface area contributed by atoms with Crippen molar-refractivity contribution in [3.8, 4) is 0 Å². The summed E-state index contributed by atoms with van der Waals surface area (Å²) >= 11 is 14.8. The molecule has 0 aromatic heterocycles. The van der Waals surface area contributed by atoms with E-state index in [9.17, 15) is 34.1 Å². The van der Waals surface area contributed by atoms with Crippen LogP contribution in [-0.4, -0.2) is 51.9 Å². The molecule has 1 fully saturated rings. The standard InChI is InChI=1S/C30H21Cl2N3O8/c31-29-17-8-1-2-9-18(17)30(32,20-11-4-3-10-19(20)29)25-24(29)26(38)34(27(25)39)21(13-23(33)37)28(40)43-14-22(36)15-6-5-7-16(12-15)35(41)42/h1-12,21,24-25H,13-14H2,(H2,33,37)/t21-,24+,25+,29?,30?/m1/s1. The Balaban J connectivity index is 1.36. The van der Waals surface area contributed by atoms with E-state index in [1.54, 1.807) is 48.5 Å². The number of rotatable bonds is 8. The molecule has 13 heteroatoms. The van der Waals surface area contributed by atoms with Gasteiger partial charge in [-0.3, -0.25) is 34.2 Å². The minimum atomic E-state index is -1.81. The minimum Gasteiger partial charge on any atom is -0.456 e. The number of ether oxygens (including phenoxy) is 1. The number of nitro benzene ring substituents is 1. The van der Waals surface area contributed by atoms with E-state index in [2.05, 4.69) is 0 Å².